The van der Waals surface area contributed by atoms with Crippen LogP contribution in [0.5, 0.6) is 0 Å². The van der Waals surface area contributed by atoms with Crippen LogP contribution in [0.15, 0.2) is 53.7 Å². The van der Waals surface area contributed by atoms with Crippen molar-refractivity contribution in [2.24, 2.45) is 7.05 Å². The molecule has 0 fully saturated rings. The van der Waals surface area contributed by atoms with Gasteiger partial charge in [-0.3, -0.25) is 9.59 Å². The molecule has 2 aromatic heterocycles. The highest BCUT2D eigenvalue weighted by atomic mass is 32.2. The Hall–Kier alpha value is -3.26. The van der Waals surface area contributed by atoms with E-state index in [1.54, 1.807) is 24.3 Å². The Morgan fingerprint density at radius 3 is 2.75 bits per heavy atom. The SMILES string of the molecule is CC(=O)c1cccc(NC(=O)CSc2nnc3c4ccccc4n(C)c3n2)c1. The van der Waals surface area contributed by atoms with Gasteiger partial charge in [0.05, 0.1) is 11.3 Å². The maximum absolute atomic E-state index is 12.2. The number of amides is 1. The van der Waals surface area contributed by atoms with Crippen molar-refractivity contribution in [3.05, 3.63) is 54.1 Å². The van der Waals surface area contributed by atoms with Crippen LogP contribution in [-0.4, -0.2) is 37.2 Å². The van der Waals surface area contributed by atoms with Crippen molar-refractivity contribution in [3.8, 4) is 0 Å². The molecule has 0 saturated carbocycles. The first-order valence-electron chi connectivity index (χ1n) is 8.64. The van der Waals surface area contributed by atoms with Crippen molar-refractivity contribution in [2.45, 2.75) is 12.1 Å². The first kappa shape index (κ1) is 18.1. The predicted molar refractivity (Wildman–Crippen MR) is 110 cm³/mol. The molecule has 2 aromatic carbocycles. The predicted octanol–water partition coefficient (Wildman–Crippen LogP) is 3.45. The Kier molecular flexibility index (Phi) is 4.79. The average Bonchev–Trinajstić information content (AvgIpc) is 2.99. The van der Waals surface area contributed by atoms with E-state index in [-0.39, 0.29) is 17.4 Å². The van der Waals surface area contributed by atoms with Crippen LogP contribution in [-0.2, 0) is 11.8 Å². The normalized spacial score (nSPS) is 11.1. The summed E-state index contributed by atoms with van der Waals surface area (Å²) >= 11 is 1.21. The maximum atomic E-state index is 12.2. The third-order valence-electron chi connectivity index (χ3n) is 4.37. The van der Waals surface area contributed by atoms with E-state index in [1.165, 1.54) is 18.7 Å². The summed E-state index contributed by atoms with van der Waals surface area (Å²) in [6.45, 7) is 1.49. The largest absolute Gasteiger partial charge is 0.327 e. The van der Waals surface area contributed by atoms with E-state index in [0.717, 1.165) is 22.1 Å². The summed E-state index contributed by atoms with van der Waals surface area (Å²) in [7, 11) is 1.93. The second-order valence-corrected chi connectivity index (χ2v) is 7.26. The third kappa shape index (κ3) is 3.46. The van der Waals surface area contributed by atoms with Gasteiger partial charge in [-0.2, -0.15) is 0 Å². The molecule has 1 N–H and O–H groups in total. The van der Waals surface area contributed by atoms with Crippen LogP contribution in [0.4, 0.5) is 5.69 Å². The van der Waals surface area contributed by atoms with E-state index < -0.39 is 0 Å². The fourth-order valence-corrected chi connectivity index (χ4v) is 3.58. The molecule has 0 radical (unpaired) electrons. The van der Waals surface area contributed by atoms with Crippen LogP contribution in [0.1, 0.15) is 17.3 Å². The quantitative estimate of drug-likeness (QED) is 0.414. The van der Waals surface area contributed by atoms with Gasteiger partial charge in [-0.05, 0) is 25.1 Å². The number of thioether (sulfide) groups is 1. The molecule has 0 spiro atoms. The summed E-state index contributed by atoms with van der Waals surface area (Å²) in [5.74, 6) is -0.110. The Labute approximate surface area is 165 Å². The molecule has 0 bridgehead atoms. The molecule has 0 aliphatic heterocycles. The van der Waals surface area contributed by atoms with Gasteiger partial charge in [0.25, 0.3) is 0 Å². The lowest BCUT2D eigenvalue weighted by Crippen LogP contribution is -2.14. The summed E-state index contributed by atoms with van der Waals surface area (Å²) in [6.07, 6.45) is 0. The number of hydrogen-bond acceptors (Lipinski definition) is 6. The Morgan fingerprint density at radius 2 is 1.93 bits per heavy atom. The molecular weight excluding hydrogens is 374 g/mol. The molecule has 0 saturated heterocycles. The number of nitrogens with zero attached hydrogens (tertiary/aromatic N) is 4. The van der Waals surface area contributed by atoms with Gasteiger partial charge in [0, 0.05) is 23.7 Å². The molecule has 1 amide bonds. The van der Waals surface area contributed by atoms with Crippen LogP contribution in [0, 0.1) is 0 Å². The topological polar surface area (TPSA) is 89.8 Å². The lowest BCUT2D eigenvalue weighted by Gasteiger charge is -2.06. The van der Waals surface area contributed by atoms with Gasteiger partial charge in [0.15, 0.2) is 11.4 Å². The van der Waals surface area contributed by atoms with Crippen LogP contribution < -0.4 is 5.32 Å². The van der Waals surface area contributed by atoms with Crippen LogP contribution in [0.25, 0.3) is 22.1 Å². The highest BCUT2D eigenvalue weighted by Crippen LogP contribution is 2.25. The standard InChI is InChI=1S/C20H17N5O2S/c1-12(26)13-6-5-7-14(10-13)21-17(27)11-28-20-22-19-18(23-24-20)15-8-3-4-9-16(15)25(19)2/h3-10H,11H2,1-2H3,(H,21,27). The molecule has 0 aliphatic rings. The number of anilines is 1. The van der Waals surface area contributed by atoms with Gasteiger partial charge in [-0.1, -0.05) is 42.1 Å². The molecule has 7 nitrogen and oxygen atoms in total. The van der Waals surface area contributed by atoms with Crippen molar-refractivity contribution in [1.82, 2.24) is 19.7 Å². The number of aromatic nitrogens is 4. The van der Waals surface area contributed by atoms with Crippen LogP contribution in [0.3, 0.4) is 0 Å². The van der Waals surface area contributed by atoms with Crippen LogP contribution >= 0.6 is 11.8 Å². The summed E-state index contributed by atoms with van der Waals surface area (Å²) in [5, 5.41) is 12.7. The number of fused-ring (bicyclic) bond motifs is 3. The Balaban J connectivity index is 1.49. The van der Waals surface area contributed by atoms with Crippen molar-refractivity contribution in [1.29, 1.82) is 0 Å². The maximum Gasteiger partial charge on any atom is 0.234 e. The molecule has 0 unspecified atom stereocenters. The van der Waals surface area contributed by atoms with E-state index in [4.69, 9.17) is 0 Å². The van der Waals surface area contributed by atoms with Gasteiger partial charge in [0.1, 0.15) is 5.52 Å². The molecule has 4 rings (SSSR count). The molecular formula is C20H17N5O2S. The molecule has 4 aromatic rings. The fraction of sp³-hybridized carbons (Fsp3) is 0.150. The Morgan fingerprint density at radius 1 is 1.11 bits per heavy atom. The van der Waals surface area contributed by atoms with Gasteiger partial charge >= 0.3 is 0 Å². The number of Topliss-reactive ketones (excluding diaryl/α,β-unsaturated/α-hetero) is 1. The zero-order valence-corrected chi connectivity index (χ0v) is 16.2. The molecule has 8 heteroatoms. The molecule has 2 heterocycles. The van der Waals surface area contributed by atoms with E-state index in [1.807, 2.05) is 35.9 Å². The highest BCUT2D eigenvalue weighted by molar-refractivity contribution is 7.99. The second-order valence-electron chi connectivity index (χ2n) is 6.32. The van der Waals surface area contributed by atoms with E-state index in [2.05, 4.69) is 20.5 Å². The summed E-state index contributed by atoms with van der Waals surface area (Å²) in [6, 6.07) is 14.8. The monoisotopic (exact) mass is 391 g/mol. The minimum atomic E-state index is -0.202. The first-order valence-corrected chi connectivity index (χ1v) is 9.63. The number of rotatable bonds is 5. The zero-order chi connectivity index (χ0) is 19.7. The summed E-state index contributed by atoms with van der Waals surface area (Å²) in [5.41, 5.74) is 3.64. The van der Waals surface area contributed by atoms with Crippen LogP contribution in [0.2, 0.25) is 0 Å². The number of nitrogens with one attached hydrogen (secondary N) is 1. The smallest absolute Gasteiger partial charge is 0.234 e. The van der Waals surface area contributed by atoms with Crippen molar-refractivity contribution < 1.29 is 9.59 Å². The molecule has 0 atom stereocenters. The lowest BCUT2D eigenvalue weighted by atomic mass is 10.1. The molecule has 140 valence electrons. The van der Waals surface area contributed by atoms with Gasteiger partial charge in [0.2, 0.25) is 11.1 Å². The number of hydrogen-bond donors (Lipinski definition) is 1. The second kappa shape index (κ2) is 7.40. The lowest BCUT2D eigenvalue weighted by molar-refractivity contribution is -0.113. The summed E-state index contributed by atoms with van der Waals surface area (Å²) in [4.78, 5) is 28.2. The number of carbonyl (C=O) groups excluding carboxylic acids is 2. The van der Waals surface area contributed by atoms with E-state index >= 15 is 0 Å². The minimum absolute atomic E-state index is 0.0480. The number of benzene rings is 2. The van der Waals surface area contributed by atoms with E-state index in [0.29, 0.717) is 16.4 Å². The number of carbonyl (C=O) groups is 2. The average molecular weight is 391 g/mol. The van der Waals surface area contributed by atoms with Crippen molar-refractivity contribution in [3.63, 3.8) is 0 Å². The van der Waals surface area contributed by atoms with E-state index in [9.17, 15) is 9.59 Å². The van der Waals surface area contributed by atoms with Gasteiger partial charge < -0.3 is 9.88 Å². The van der Waals surface area contributed by atoms with Crippen molar-refractivity contribution >= 4 is 51.2 Å². The van der Waals surface area contributed by atoms with Gasteiger partial charge in [-0.15, -0.1) is 10.2 Å². The zero-order valence-electron chi connectivity index (χ0n) is 15.3. The highest BCUT2D eigenvalue weighted by Gasteiger charge is 2.13. The third-order valence-corrected chi connectivity index (χ3v) is 5.21. The number of aryl methyl sites for hydroxylation is 1. The molecule has 28 heavy (non-hydrogen) atoms. The first-order chi connectivity index (χ1) is 13.5. The summed E-state index contributed by atoms with van der Waals surface area (Å²) < 4.78 is 1.97. The van der Waals surface area contributed by atoms with Gasteiger partial charge in [-0.25, -0.2) is 4.98 Å². The van der Waals surface area contributed by atoms with Crippen molar-refractivity contribution in [2.75, 3.05) is 11.1 Å². The number of ketones is 1. The molecule has 0 aliphatic carbocycles. The Bertz CT molecular complexity index is 1220. The fourth-order valence-electron chi connectivity index (χ4n) is 3.00. The minimum Gasteiger partial charge on any atom is -0.327 e. The number of para-hydroxylation sites is 1.